The van der Waals surface area contributed by atoms with Gasteiger partial charge in [-0.1, -0.05) is 194 Å². The van der Waals surface area contributed by atoms with Gasteiger partial charge >= 0.3 is 0 Å². The van der Waals surface area contributed by atoms with E-state index in [4.69, 9.17) is 21.4 Å². The molecule has 0 saturated carbocycles. The minimum atomic E-state index is -3.91. The van der Waals surface area contributed by atoms with Crippen molar-refractivity contribution in [2.24, 2.45) is 0 Å². The summed E-state index contributed by atoms with van der Waals surface area (Å²) in [4.78, 5) is 9.99. The molecular weight excluding hydrogens is 986 g/mol. The maximum Gasteiger partial charge on any atom is 0.148 e. The monoisotopic (exact) mass is 1060 g/mol. The molecule has 0 aliphatic carbocycles. The zero-order valence-corrected chi connectivity index (χ0v) is 39.7. The standard InChI is InChI=1S/C61H58N3O.Pt/c1-38(2)45-29-48(42-19-14-11-15-20-42)34-52(33-45)64-57-22-16-21-53(58(57)63-60(64)55-36-46(39(3)4)35-54(40(5)6)59(55)65)49-30-47(41-17-12-10-13-18-41)31-50(32-49)56-37-44(27-28-62-56)43-23-25-51(26-24-43)61(7,8)9;/h10-31,33-40,65H,1-9H3;/q-1;/i7D3,8D3,9D3,23D,24D,25D,26D,27D,37D,38D;. The van der Waals surface area contributed by atoms with Gasteiger partial charge in [-0.2, -0.15) is 0 Å². The topological polar surface area (TPSA) is 50.9 Å². The van der Waals surface area contributed by atoms with Crippen molar-refractivity contribution in [3.8, 4) is 78.6 Å². The molecule has 1 N–H and O–H groups in total. The fourth-order valence-corrected chi connectivity index (χ4v) is 8.09. The molecule has 9 aromatic rings. The van der Waals surface area contributed by atoms with E-state index < -0.39 is 84.8 Å². The van der Waals surface area contributed by atoms with Gasteiger partial charge in [0.1, 0.15) is 11.6 Å². The number of benzene rings is 7. The summed E-state index contributed by atoms with van der Waals surface area (Å²) in [5.41, 5.74) is 2.60. The third kappa shape index (κ3) is 9.22. The van der Waals surface area contributed by atoms with Gasteiger partial charge in [-0.3, -0.25) is 9.55 Å². The Morgan fingerprint density at radius 2 is 1.30 bits per heavy atom. The molecule has 9 rings (SSSR count). The number of nitrogens with zero attached hydrogens (tertiary/aromatic N) is 3. The molecule has 0 saturated heterocycles. The largest absolute Gasteiger partial charge is 0.507 e. The molecule has 5 heteroatoms. The molecule has 0 bridgehead atoms. The first kappa shape index (κ1) is 30.0. The van der Waals surface area contributed by atoms with Crippen molar-refractivity contribution in [2.75, 3.05) is 0 Å². The average molecular weight is 1060 g/mol. The van der Waals surface area contributed by atoms with Crippen LogP contribution >= 0.6 is 0 Å². The number of pyridine rings is 1. The van der Waals surface area contributed by atoms with Crippen LogP contribution in [0, 0.1) is 6.07 Å². The first-order chi connectivity index (χ1) is 37.8. The smallest absolute Gasteiger partial charge is 0.148 e. The number of aromatic hydroxyl groups is 1. The van der Waals surface area contributed by atoms with E-state index in [9.17, 15) is 10.6 Å². The van der Waals surface area contributed by atoms with Crippen LogP contribution in [0.5, 0.6) is 5.75 Å². The number of hydrogen-bond acceptors (Lipinski definition) is 3. The van der Waals surface area contributed by atoms with Gasteiger partial charge in [-0.05, 0) is 104 Å². The van der Waals surface area contributed by atoms with Crippen molar-refractivity contribution in [3.05, 3.63) is 192 Å². The minimum Gasteiger partial charge on any atom is -0.507 e. The summed E-state index contributed by atoms with van der Waals surface area (Å²) < 4.78 is 141. The molecule has 4 nitrogen and oxygen atoms in total. The van der Waals surface area contributed by atoms with Crippen molar-refractivity contribution in [1.29, 1.82) is 0 Å². The predicted octanol–water partition coefficient (Wildman–Crippen LogP) is 16.6. The molecule has 7 aromatic carbocycles. The van der Waals surface area contributed by atoms with E-state index in [-0.39, 0.29) is 49.9 Å². The molecule has 0 aliphatic heterocycles. The number of para-hydroxylation sites is 1. The molecule has 0 amide bonds. The predicted molar refractivity (Wildman–Crippen MR) is 273 cm³/mol. The van der Waals surface area contributed by atoms with Crippen LogP contribution in [-0.2, 0) is 26.5 Å². The normalized spacial score (nSPS) is 16.0. The van der Waals surface area contributed by atoms with Gasteiger partial charge in [0.15, 0.2) is 0 Å². The van der Waals surface area contributed by atoms with Crippen LogP contribution in [0.3, 0.4) is 0 Å². The van der Waals surface area contributed by atoms with Crippen molar-refractivity contribution < 1.29 is 48.1 Å². The Bertz CT molecular complexity index is 3850. The molecule has 0 unspecified atom stereocenters. The Morgan fingerprint density at radius 3 is 1.94 bits per heavy atom. The van der Waals surface area contributed by atoms with E-state index in [1.54, 1.807) is 6.07 Å². The number of fused-ring (bicyclic) bond motifs is 1. The molecule has 0 spiro atoms. The summed E-state index contributed by atoms with van der Waals surface area (Å²) in [5, 5.41) is 12.4. The number of aromatic nitrogens is 3. The van der Waals surface area contributed by atoms with E-state index in [0.717, 1.165) is 39.6 Å². The number of imidazole rings is 1. The Hall–Kier alpha value is -6.35. The van der Waals surface area contributed by atoms with Gasteiger partial charge < -0.3 is 5.11 Å². The average Bonchev–Trinajstić information content (AvgIpc) is 2.68. The molecule has 0 fully saturated rings. The van der Waals surface area contributed by atoms with Crippen LogP contribution < -0.4 is 0 Å². The van der Waals surface area contributed by atoms with Crippen molar-refractivity contribution in [3.63, 3.8) is 0 Å². The molecule has 2 aromatic heterocycles. The number of rotatable bonds is 10. The van der Waals surface area contributed by atoms with E-state index in [1.165, 1.54) is 0 Å². The summed E-state index contributed by atoms with van der Waals surface area (Å²) in [6.45, 7) is 0.146. The fraction of sp³-hybridized carbons (Fsp3) is 0.213. The Morgan fingerprint density at radius 1 is 0.636 bits per heavy atom. The van der Waals surface area contributed by atoms with Crippen LogP contribution in [-0.4, -0.2) is 19.6 Å². The maximum atomic E-state index is 12.4. The van der Waals surface area contributed by atoms with Crippen molar-refractivity contribution in [1.82, 2.24) is 14.5 Å². The second kappa shape index (κ2) is 18.9. The molecular formula is C61H58N3OPt-. The molecule has 0 radical (unpaired) electrons. The summed E-state index contributed by atoms with van der Waals surface area (Å²) >= 11 is 0. The summed E-state index contributed by atoms with van der Waals surface area (Å²) in [6, 6.07) is 36.2. The SMILES string of the molecule is [2H]c1cnc(-c2[c-]c(-c3cccc4c3nc(-c3cc(C(C)C)cc(C(C)C)c3O)n4-c3cc(-c4ccccc4)cc(C([2H])(C)C)c3)cc(-c3ccccc3)c2)c([2H])c1-c1c([2H])c([2H])c(C(C([2H])([2H])[2H])(C([2H])([2H])[2H])C([2H])([2H])[2H])c([2H])c1[2H].[Pt]. The molecule has 0 aliphatic rings. The van der Waals surface area contributed by atoms with E-state index in [1.807, 2.05) is 148 Å². The Balaban J connectivity index is 0.00000880. The van der Waals surface area contributed by atoms with Gasteiger partial charge in [-0.15, -0.1) is 23.8 Å². The zero-order valence-electron chi connectivity index (χ0n) is 53.4. The van der Waals surface area contributed by atoms with Crippen molar-refractivity contribution in [2.45, 2.75) is 85.2 Å². The number of hydrogen-bond donors (Lipinski definition) is 1. The number of phenols is 1. The minimum absolute atomic E-state index is 0. The van der Waals surface area contributed by atoms with E-state index >= 15 is 0 Å². The van der Waals surface area contributed by atoms with Gasteiger partial charge in [0.25, 0.3) is 0 Å². The Kier molecular flexibility index (Phi) is 8.58. The van der Waals surface area contributed by atoms with Crippen molar-refractivity contribution >= 4 is 11.0 Å². The summed E-state index contributed by atoms with van der Waals surface area (Å²) in [7, 11) is 0. The van der Waals surface area contributed by atoms with Crippen LogP contribution in [0.25, 0.3) is 83.9 Å². The fourth-order valence-electron chi connectivity index (χ4n) is 8.09. The summed E-state index contributed by atoms with van der Waals surface area (Å²) in [5.74, 6) is -0.536. The Labute approximate surface area is 428 Å². The van der Waals surface area contributed by atoms with E-state index in [0.29, 0.717) is 44.8 Å². The summed E-state index contributed by atoms with van der Waals surface area (Å²) in [6.07, 6.45) is 1.05. The molecule has 334 valence electrons. The van der Waals surface area contributed by atoms with Crippen LogP contribution in [0.1, 0.15) is 124 Å². The second-order valence-corrected chi connectivity index (χ2v) is 17.2. The second-order valence-electron chi connectivity index (χ2n) is 17.2. The molecule has 2 heterocycles. The molecule has 66 heavy (non-hydrogen) atoms. The first-order valence-corrected chi connectivity index (χ1v) is 21.6. The third-order valence-electron chi connectivity index (χ3n) is 11.7. The van der Waals surface area contributed by atoms with Gasteiger partial charge in [-0.25, -0.2) is 4.98 Å². The van der Waals surface area contributed by atoms with Crippen LogP contribution in [0.15, 0.2) is 164 Å². The van der Waals surface area contributed by atoms with Gasteiger partial charge in [0.05, 0.1) is 24.8 Å². The van der Waals surface area contributed by atoms with Crippen LogP contribution in [0.4, 0.5) is 0 Å². The van der Waals surface area contributed by atoms with Gasteiger partial charge in [0.2, 0.25) is 0 Å². The first-order valence-electron chi connectivity index (χ1n) is 29.6. The zero-order chi connectivity index (χ0) is 59.2. The van der Waals surface area contributed by atoms with Gasteiger partial charge in [0, 0.05) is 52.4 Å². The number of phenolic OH excluding ortho intramolecular Hbond substituents is 1. The quantitative estimate of drug-likeness (QED) is 0.139. The third-order valence-corrected chi connectivity index (χ3v) is 11.7. The molecule has 0 atom stereocenters. The van der Waals surface area contributed by atoms with E-state index in [2.05, 4.69) is 24.9 Å². The maximum absolute atomic E-state index is 12.4. The van der Waals surface area contributed by atoms with Crippen LogP contribution in [0.2, 0.25) is 0 Å².